The molecule has 0 aromatic heterocycles. The molecule has 0 bridgehead atoms. The van der Waals surface area contributed by atoms with Gasteiger partial charge in [0.15, 0.2) is 0 Å². The quantitative estimate of drug-likeness (QED) is 0.810. The average molecular weight is 282 g/mol. The molecule has 1 heterocycles. The van der Waals surface area contributed by atoms with E-state index < -0.39 is 0 Å². The van der Waals surface area contributed by atoms with Crippen molar-refractivity contribution in [2.75, 3.05) is 20.2 Å². The van der Waals surface area contributed by atoms with Crippen molar-refractivity contribution >= 4 is 0 Å². The second-order valence-electron chi connectivity index (χ2n) is 6.81. The molecule has 0 aromatic rings. The summed E-state index contributed by atoms with van der Waals surface area (Å²) in [6, 6.07) is 1.98. The first kappa shape index (κ1) is 16.3. The minimum atomic E-state index is 0.397. The molecular weight excluding hydrogens is 248 g/mol. The standard InChI is InChI=1S/C17H34N2O/c1-5-10-18-15-8-7-14(6-2)12-17(15)19(4)16-9-11-20-13(16)3/h13-18H,5-12H2,1-4H3. The maximum atomic E-state index is 5.78. The lowest BCUT2D eigenvalue weighted by Crippen LogP contribution is -2.56. The van der Waals surface area contributed by atoms with E-state index >= 15 is 0 Å². The Hall–Kier alpha value is -0.120. The summed E-state index contributed by atoms with van der Waals surface area (Å²) in [6.45, 7) is 8.94. The van der Waals surface area contributed by atoms with E-state index in [4.69, 9.17) is 4.74 Å². The summed E-state index contributed by atoms with van der Waals surface area (Å²) in [5, 5.41) is 3.80. The van der Waals surface area contributed by atoms with Crippen LogP contribution in [-0.2, 0) is 4.74 Å². The van der Waals surface area contributed by atoms with Crippen LogP contribution in [0, 0.1) is 5.92 Å². The van der Waals surface area contributed by atoms with Gasteiger partial charge in [-0.3, -0.25) is 4.90 Å². The lowest BCUT2D eigenvalue weighted by atomic mass is 9.79. The van der Waals surface area contributed by atoms with Crippen LogP contribution in [0.3, 0.4) is 0 Å². The van der Waals surface area contributed by atoms with Gasteiger partial charge in [0.1, 0.15) is 0 Å². The molecule has 118 valence electrons. The van der Waals surface area contributed by atoms with Crippen LogP contribution in [0.1, 0.15) is 59.3 Å². The van der Waals surface area contributed by atoms with Crippen molar-refractivity contribution in [1.82, 2.24) is 10.2 Å². The highest BCUT2D eigenvalue weighted by atomic mass is 16.5. The van der Waals surface area contributed by atoms with Crippen LogP contribution in [-0.4, -0.2) is 49.3 Å². The molecule has 1 saturated carbocycles. The normalized spacial score (nSPS) is 38.5. The molecule has 1 aliphatic carbocycles. The first-order valence-corrected chi connectivity index (χ1v) is 8.74. The van der Waals surface area contributed by atoms with Crippen molar-refractivity contribution in [2.24, 2.45) is 5.92 Å². The molecular formula is C17H34N2O. The Morgan fingerprint density at radius 3 is 2.55 bits per heavy atom. The Balaban J connectivity index is 2.01. The second-order valence-corrected chi connectivity index (χ2v) is 6.81. The highest BCUT2D eigenvalue weighted by Gasteiger charge is 2.38. The SMILES string of the molecule is CCCNC1CCC(CC)CC1N(C)C1CCOC1C. The third kappa shape index (κ3) is 3.75. The smallest absolute Gasteiger partial charge is 0.0703 e. The fraction of sp³-hybridized carbons (Fsp3) is 1.00. The molecule has 2 fully saturated rings. The molecule has 2 rings (SSSR count). The summed E-state index contributed by atoms with van der Waals surface area (Å²) in [7, 11) is 2.33. The zero-order valence-electron chi connectivity index (χ0n) is 13.9. The second kappa shape index (κ2) is 7.77. The van der Waals surface area contributed by atoms with Gasteiger partial charge in [-0.25, -0.2) is 0 Å². The van der Waals surface area contributed by atoms with Gasteiger partial charge >= 0.3 is 0 Å². The lowest BCUT2D eigenvalue weighted by Gasteiger charge is -2.44. The summed E-state index contributed by atoms with van der Waals surface area (Å²) >= 11 is 0. The van der Waals surface area contributed by atoms with Crippen LogP contribution in [0.2, 0.25) is 0 Å². The Morgan fingerprint density at radius 2 is 1.95 bits per heavy atom. The Bertz CT molecular complexity index is 284. The molecule has 0 spiro atoms. The molecule has 1 saturated heterocycles. The fourth-order valence-electron chi connectivity index (χ4n) is 4.12. The van der Waals surface area contributed by atoms with Gasteiger partial charge < -0.3 is 10.1 Å². The maximum Gasteiger partial charge on any atom is 0.0703 e. The van der Waals surface area contributed by atoms with E-state index in [1.165, 1.54) is 38.5 Å². The Morgan fingerprint density at radius 1 is 1.15 bits per heavy atom. The molecule has 1 aliphatic heterocycles. The fourth-order valence-corrected chi connectivity index (χ4v) is 4.12. The van der Waals surface area contributed by atoms with Gasteiger partial charge in [0, 0.05) is 24.7 Å². The molecule has 0 aromatic carbocycles. The number of hydrogen-bond donors (Lipinski definition) is 1. The van der Waals surface area contributed by atoms with Gasteiger partial charge in [-0.05, 0) is 58.5 Å². The van der Waals surface area contributed by atoms with Gasteiger partial charge in [-0.2, -0.15) is 0 Å². The van der Waals surface area contributed by atoms with E-state index in [-0.39, 0.29) is 0 Å². The first-order chi connectivity index (χ1) is 9.67. The van der Waals surface area contributed by atoms with Crippen molar-refractivity contribution in [3.8, 4) is 0 Å². The number of nitrogens with one attached hydrogen (secondary N) is 1. The van der Waals surface area contributed by atoms with Crippen LogP contribution in [0.4, 0.5) is 0 Å². The van der Waals surface area contributed by atoms with Gasteiger partial charge in [-0.1, -0.05) is 20.3 Å². The first-order valence-electron chi connectivity index (χ1n) is 8.74. The topological polar surface area (TPSA) is 24.5 Å². The van der Waals surface area contributed by atoms with Crippen LogP contribution in [0.5, 0.6) is 0 Å². The van der Waals surface area contributed by atoms with Crippen molar-refractivity contribution in [1.29, 1.82) is 0 Å². The van der Waals surface area contributed by atoms with E-state index in [2.05, 4.69) is 38.0 Å². The van der Waals surface area contributed by atoms with Crippen LogP contribution in [0.25, 0.3) is 0 Å². The van der Waals surface area contributed by atoms with E-state index in [0.717, 1.165) is 19.1 Å². The number of rotatable bonds is 6. The largest absolute Gasteiger partial charge is 0.377 e. The van der Waals surface area contributed by atoms with Crippen LogP contribution >= 0.6 is 0 Å². The zero-order valence-corrected chi connectivity index (χ0v) is 13.9. The monoisotopic (exact) mass is 282 g/mol. The molecule has 20 heavy (non-hydrogen) atoms. The number of likely N-dealkylation sites (N-methyl/N-ethyl adjacent to an activating group) is 1. The van der Waals surface area contributed by atoms with Crippen LogP contribution < -0.4 is 5.32 Å². The molecule has 0 amide bonds. The minimum Gasteiger partial charge on any atom is -0.377 e. The van der Waals surface area contributed by atoms with Gasteiger partial charge in [0.2, 0.25) is 0 Å². The Kier molecular flexibility index (Phi) is 6.31. The maximum absolute atomic E-state index is 5.78. The average Bonchev–Trinajstić information content (AvgIpc) is 2.90. The van der Waals surface area contributed by atoms with Gasteiger partial charge in [0.25, 0.3) is 0 Å². The molecule has 5 atom stereocenters. The summed E-state index contributed by atoms with van der Waals surface area (Å²) in [5.41, 5.74) is 0. The molecule has 3 heteroatoms. The van der Waals surface area contributed by atoms with E-state index in [1.54, 1.807) is 0 Å². The predicted octanol–water partition coefficient (Wildman–Crippen LogP) is 3.04. The lowest BCUT2D eigenvalue weighted by molar-refractivity contribution is 0.0379. The van der Waals surface area contributed by atoms with Crippen LogP contribution in [0.15, 0.2) is 0 Å². The summed E-state index contributed by atoms with van der Waals surface area (Å²) in [5.74, 6) is 0.916. The Labute approximate surface area is 125 Å². The third-order valence-electron chi connectivity index (χ3n) is 5.54. The van der Waals surface area contributed by atoms with Crippen molar-refractivity contribution < 1.29 is 4.74 Å². The van der Waals surface area contributed by atoms with Gasteiger partial charge in [0.05, 0.1) is 6.10 Å². The molecule has 0 radical (unpaired) electrons. The molecule has 3 nitrogen and oxygen atoms in total. The zero-order chi connectivity index (χ0) is 14.5. The molecule has 2 aliphatic rings. The molecule has 5 unspecified atom stereocenters. The summed E-state index contributed by atoms with van der Waals surface area (Å²) in [6.07, 6.45) is 8.26. The number of ether oxygens (including phenoxy) is 1. The highest BCUT2D eigenvalue weighted by Crippen LogP contribution is 2.32. The summed E-state index contributed by atoms with van der Waals surface area (Å²) < 4.78 is 5.78. The van der Waals surface area contributed by atoms with Crippen molar-refractivity contribution in [2.45, 2.75) is 83.5 Å². The molecule has 1 N–H and O–H groups in total. The van der Waals surface area contributed by atoms with Gasteiger partial charge in [-0.15, -0.1) is 0 Å². The predicted molar refractivity (Wildman–Crippen MR) is 85.1 cm³/mol. The number of nitrogens with zero attached hydrogens (tertiary/aromatic N) is 1. The van der Waals surface area contributed by atoms with Crippen molar-refractivity contribution in [3.63, 3.8) is 0 Å². The van der Waals surface area contributed by atoms with Crippen molar-refractivity contribution in [3.05, 3.63) is 0 Å². The van der Waals surface area contributed by atoms with E-state index in [0.29, 0.717) is 24.2 Å². The summed E-state index contributed by atoms with van der Waals surface area (Å²) in [4.78, 5) is 2.65. The highest BCUT2D eigenvalue weighted by molar-refractivity contribution is 4.94. The number of hydrogen-bond acceptors (Lipinski definition) is 3. The van der Waals surface area contributed by atoms with E-state index in [9.17, 15) is 0 Å². The van der Waals surface area contributed by atoms with E-state index in [1.807, 2.05) is 0 Å². The minimum absolute atomic E-state index is 0.397. The third-order valence-corrected chi connectivity index (χ3v) is 5.54.